The number of nitrogens with zero attached hydrogens (tertiary/aromatic N) is 1. The average molecular weight is 351 g/mol. The van der Waals surface area contributed by atoms with E-state index in [1.165, 1.54) is 5.57 Å². The van der Waals surface area contributed by atoms with Crippen LogP contribution in [0.2, 0.25) is 0 Å². The summed E-state index contributed by atoms with van der Waals surface area (Å²) in [5.41, 5.74) is 0.199. The zero-order valence-corrected chi connectivity index (χ0v) is 17.0. The second-order valence-electron chi connectivity index (χ2n) is 9.12. The minimum atomic E-state index is -0.458. The van der Waals surface area contributed by atoms with Gasteiger partial charge in [-0.2, -0.15) is 0 Å². The molecule has 1 amide bonds. The summed E-state index contributed by atoms with van der Waals surface area (Å²) in [6, 6.07) is 0. The molecule has 0 spiro atoms. The molecule has 0 aromatic rings. The molecule has 2 heterocycles. The first kappa shape index (κ1) is 20.3. The van der Waals surface area contributed by atoms with Gasteiger partial charge in [-0.15, -0.1) is 0 Å². The summed E-state index contributed by atoms with van der Waals surface area (Å²) in [5, 5.41) is 0. The first-order valence-corrected chi connectivity index (χ1v) is 9.43. The predicted molar refractivity (Wildman–Crippen MR) is 100 cm³/mol. The number of amides is 1. The number of hydrogen-bond donors (Lipinski definition) is 0. The maximum atomic E-state index is 12.3. The minimum Gasteiger partial charge on any atom is -0.444 e. The van der Waals surface area contributed by atoms with Crippen molar-refractivity contribution in [3.05, 3.63) is 11.5 Å². The number of likely N-dealkylation sites (tertiary alicyclic amines) is 1. The van der Waals surface area contributed by atoms with Crippen LogP contribution in [0.15, 0.2) is 11.5 Å². The van der Waals surface area contributed by atoms with Gasteiger partial charge in [-0.3, -0.25) is 0 Å². The molecule has 142 valence electrons. The van der Waals surface area contributed by atoms with Gasteiger partial charge in [0.15, 0.2) is 0 Å². The molecule has 2 rings (SSSR count). The number of hydrogen-bond acceptors (Lipinski definition) is 4. The van der Waals surface area contributed by atoms with Crippen LogP contribution in [0.5, 0.6) is 0 Å². The molecule has 2 aliphatic rings. The Kier molecular flexibility index (Phi) is 5.94. The average Bonchev–Trinajstić information content (AvgIpc) is 2.58. The van der Waals surface area contributed by atoms with E-state index in [-0.39, 0.29) is 24.4 Å². The first-order chi connectivity index (χ1) is 11.4. The molecule has 2 saturated heterocycles. The van der Waals surface area contributed by atoms with E-state index >= 15 is 0 Å². The second kappa shape index (κ2) is 7.32. The zero-order valence-electron chi connectivity index (χ0n) is 17.0. The normalized spacial score (nSPS) is 25.6. The maximum absolute atomic E-state index is 12.3. The van der Waals surface area contributed by atoms with E-state index in [1.807, 2.05) is 25.7 Å². The summed E-state index contributed by atoms with van der Waals surface area (Å²) in [7, 11) is -0.311. The van der Waals surface area contributed by atoms with Gasteiger partial charge in [-0.05, 0) is 74.1 Å². The number of carbonyl (C=O) groups excluding carboxylic acids is 1. The fourth-order valence-electron chi connectivity index (χ4n) is 2.99. The molecule has 6 heteroatoms. The number of carbonyl (C=O) groups is 1. The van der Waals surface area contributed by atoms with Crippen molar-refractivity contribution in [1.82, 2.24) is 4.90 Å². The zero-order chi connectivity index (χ0) is 18.9. The van der Waals surface area contributed by atoms with E-state index in [9.17, 15) is 4.79 Å². The third kappa shape index (κ3) is 5.48. The van der Waals surface area contributed by atoms with Gasteiger partial charge in [-0.25, -0.2) is 4.79 Å². The molecule has 0 N–H and O–H groups in total. The molecule has 0 aromatic heterocycles. The predicted octanol–water partition coefficient (Wildman–Crippen LogP) is 4.36. The van der Waals surface area contributed by atoms with Crippen LogP contribution in [0.3, 0.4) is 0 Å². The Morgan fingerprint density at radius 1 is 1.08 bits per heavy atom. The summed E-state index contributed by atoms with van der Waals surface area (Å²) in [6.07, 6.45) is 3.70. The molecule has 0 saturated carbocycles. The van der Waals surface area contributed by atoms with Crippen LogP contribution in [0, 0.1) is 0 Å². The molecule has 0 aromatic carbocycles. The van der Waals surface area contributed by atoms with Crippen LogP contribution in [-0.4, -0.2) is 48.0 Å². The maximum Gasteiger partial charge on any atom is 0.487 e. The third-order valence-electron chi connectivity index (χ3n) is 5.17. The van der Waals surface area contributed by atoms with Crippen LogP contribution in [0.25, 0.3) is 0 Å². The van der Waals surface area contributed by atoms with E-state index in [1.54, 1.807) is 0 Å². The van der Waals surface area contributed by atoms with E-state index in [0.717, 1.165) is 32.2 Å². The van der Waals surface area contributed by atoms with Gasteiger partial charge in [-0.1, -0.05) is 11.5 Å². The van der Waals surface area contributed by atoms with E-state index in [4.69, 9.17) is 14.0 Å². The Labute approximate surface area is 153 Å². The Balaban J connectivity index is 1.99. The molecule has 0 radical (unpaired) electrons. The summed E-state index contributed by atoms with van der Waals surface area (Å²) in [4.78, 5) is 14.2. The van der Waals surface area contributed by atoms with Gasteiger partial charge in [0.05, 0.1) is 11.2 Å². The Morgan fingerprint density at radius 2 is 1.68 bits per heavy atom. The van der Waals surface area contributed by atoms with Crippen molar-refractivity contribution in [2.24, 2.45) is 0 Å². The van der Waals surface area contributed by atoms with Gasteiger partial charge < -0.3 is 18.9 Å². The molecule has 0 atom stereocenters. The molecule has 0 bridgehead atoms. The Morgan fingerprint density at radius 3 is 2.24 bits per heavy atom. The summed E-state index contributed by atoms with van der Waals surface area (Å²) in [5.74, 6) is 2.11. The summed E-state index contributed by atoms with van der Waals surface area (Å²) < 4.78 is 17.7. The van der Waals surface area contributed by atoms with Crippen molar-refractivity contribution in [2.45, 2.75) is 91.0 Å². The lowest BCUT2D eigenvalue weighted by molar-refractivity contribution is 0.00578. The van der Waals surface area contributed by atoms with Gasteiger partial charge in [0.1, 0.15) is 5.60 Å². The van der Waals surface area contributed by atoms with Gasteiger partial charge in [0.2, 0.25) is 0 Å². The Bertz CT molecular complexity index is 506. The minimum absolute atomic E-state index is 0.218. The van der Waals surface area contributed by atoms with E-state index in [0.29, 0.717) is 6.54 Å². The molecule has 5 nitrogen and oxygen atoms in total. The van der Waals surface area contributed by atoms with Crippen molar-refractivity contribution in [1.29, 1.82) is 0 Å². The number of rotatable bonds is 1. The van der Waals surface area contributed by atoms with E-state index in [2.05, 4.69) is 33.7 Å². The van der Waals surface area contributed by atoms with Crippen LogP contribution >= 0.6 is 0 Å². The van der Waals surface area contributed by atoms with Crippen molar-refractivity contribution < 1.29 is 18.8 Å². The van der Waals surface area contributed by atoms with Crippen LogP contribution in [0.1, 0.15) is 74.1 Å². The monoisotopic (exact) mass is 351 g/mol. The van der Waals surface area contributed by atoms with Crippen molar-refractivity contribution in [3.8, 4) is 0 Å². The highest BCUT2D eigenvalue weighted by molar-refractivity contribution is 6.51. The van der Waals surface area contributed by atoms with Crippen molar-refractivity contribution >= 4 is 13.2 Å². The molecule has 2 fully saturated rings. The third-order valence-corrected chi connectivity index (χ3v) is 5.17. The Hall–Kier alpha value is -1.01. The quantitative estimate of drug-likeness (QED) is 0.659. The van der Waals surface area contributed by atoms with Gasteiger partial charge >= 0.3 is 13.2 Å². The topological polar surface area (TPSA) is 48.0 Å². The lowest BCUT2D eigenvalue weighted by atomic mass is 9.84. The van der Waals surface area contributed by atoms with Crippen LogP contribution in [-0.2, 0) is 14.0 Å². The summed E-state index contributed by atoms with van der Waals surface area (Å²) in [6.45, 7) is 15.4. The van der Waals surface area contributed by atoms with Crippen molar-refractivity contribution in [3.63, 3.8) is 0 Å². The SMILES string of the molecule is CC(C)(C)OC(=O)N1CCCC/C(=C/B2OC(C)(C)C(C)(C)O2)CC1. The molecular formula is C19H34BNO4. The fourth-order valence-corrected chi connectivity index (χ4v) is 2.99. The van der Waals surface area contributed by atoms with E-state index < -0.39 is 5.60 Å². The lowest BCUT2D eigenvalue weighted by Gasteiger charge is -2.32. The first-order valence-electron chi connectivity index (χ1n) is 9.43. The lowest BCUT2D eigenvalue weighted by Crippen LogP contribution is -2.41. The highest BCUT2D eigenvalue weighted by atomic mass is 16.7. The van der Waals surface area contributed by atoms with Crippen molar-refractivity contribution in [2.75, 3.05) is 13.1 Å². The fraction of sp³-hybridized carbons (Fsp3) is 0.842. The number of ether oxygens (including phenoxy) is 1. The largest absolute Gasteiger partial charge is 0.487 e. The molecule has 2 aliphatic heterocycles. The summed E-state index contributed by atoms with van der Waals surface area (Å²) >= 11 is 0. The van der Waals surface area contributed by atoms with Crippen LogP contribution in [0.4, 0.5) is 4.79 Å². The smallest absolute Gasteiger partial charge is 0.444 e. The second-order valence-corrected chi connectivity index (χ2v) is 9.12. The van der Waals surface area contributed by atoms with Gasteiger partial charge in [0, 0.05) is 13.1 Å². The molecule has 25 heavy (non-hydrogen) atoms. The van der Waals surface area contributed by atoms with Gasteiger partial charge in [0.25, 0.3) is 0 Å². The molecular weight excluding hydrogens is 317 g/mol. The highest BCUT2D eigenvalue weighted by Gasteiger charge is 2.50. The standard InChI is InChI=1S/C19H34BNO4/c1-17(2,3)23-16(22)21-12-9-8-10-15(11-13-21)14-20-24-18(4,5)19(6,7)25-20/h14H,8-13H2,1-7H3/b15-14-. The molecule has 0 aliphatic carbocycles. The molecule has 0 unspecified atom stereocenters. The highest BCUT2D eigenvalue weighted by Crippen LogP contribution is 2.37. The van der Waals surface area contributed by atoms with Crippen LogP contribution < -0.4 is 0 Å².